The lowest BCUT2D eigenvalue weighted by molar-refractivity contribution is -0.890. The molecule has 0 spiro atoms. The summed E-state index contributed by atoms with van der Waals surface area (Å²) >= 11 is 13.5. The van der Waals surface area contributed by atoms with E-state index in [0.717, 1.165) is 23.4 Å². The first-order valence-corrected chi connectivity index (χ1v) is 9.20. The minimum atomic E-state index is 0.365. The van der Waals surface area contributed by atoms with Gasteiger partial charge < -0.3 is 15.5 Å². The average Bonchev–Trinajstić information content (AvgIpc) is 2.96. The van der Waals surface area contributed by atoms with Crippen LogP contribution in [0.25, 0.3) is 0 Å². The van der Waals surface area contributed by atoms with Gasteiger partial charge >= 0.3 is 0 Å². The van der Waals surface area contributed by atoms with Gasteiger partial charge in [0.1, 0.15) is 6.04 Å². The van der Waals surface area contributed by atoms with Crippen LogP contribution in [-0.2, 0) is 0 Å². The van der Waals surface area contributed by atoms with Crippen molar-refractivity contribution in [3.63, 3.8) is 0 Å². The second kappa shape index (κ2) is 8.11. The van der Waals surface area contributed by atoms with Crippen LogP contribution in [0.2, 0.25) is 5.02 Å². The molecule has 23 heavy (non-hydrogen) atoms. The van der Waals surface area contributed by atoms with E-state index in [4.69, 9.17) is 23.8 Å². The van der Waals surface area contributed by atoms with Crippen molar-refractivity contribution in [3.05, 3.63) is 50.7 Å². The summed E-state index contributed by atoms with van der Waals surface area (Å²) < 4.78 is 0. The number of hydrogen-bond donors (Lipinski definition) is 3. The Kier molecular flexibility index (Phi) is 6.41. The smallest absolute Gasteiger partial charge is 0.171 e. The van der Waals surface area contributed by atoms with E-state index >= 15 is 0 Å². The van der Waals surface area contributed by atoms with Crippen molar-refractivity contribution in [2.24, 2.45) is 0 Å². The van der Waals surface area contributed by atoms with E-state index in [-0.39, 0.29) is 0 Å². The maximum absolute atomic E-state index is 6.32. The maximum Gasteiger partial charge on any atom is 0.171 e. The van der Waals surface area contributed by atoms with Crippen molar-refractivity contribution in [3.8, 4) is 0 Å². The molecule has 0 aliphatic carbocycles. The first-order valence-electron chi connectivity index (χ1n) is 7.53. The Balaban J connectivity index is 2.00. The summed E-state index contributed by atoms with van der Waals surface area (Å²) in [6, 6.07) is 8.65. The molecular weight excluding hydrogens is 346 g/mol. The summed E-state index contributed by atoms with van der Waals surface area (Å²) in [6.07, 6.45) is 0. The van der Waals surface area contributed by atoms with Gasteiger partial charge in [0.2, 0.25) is 0 Å². The van der Waals surface area contributed by atoms with Crippen LogP contribution in [0.4, 0.5) is 5.69 Å². The van der Waals surface area contributed by atoms with Crippen molar-refractivity contribution in [2.45, 2.75) is 19.9 Å². The Labute approximate surface area is 152 Å². The lowest BCUT2D eigenvalue weighted by Crippen LogP contribution is -3.06. The highest BCUT2D eigenvalue weighted by Crippen LogP contribution is 2.27. The van der Waals surface area contributed by atoms with Crippen LogP contribution in [0, 0.1) is 13.8 Å². The van der Waals surface area contributed by atoms with Gasteiger partial charge in [0, 0.05) is 0 Å². The molecule has 0 aliphatic rings. The molecule has 6 heteroatoms. The first-order chi connectivity index (χ1) is 10.9. The summed E-state index contributed by atoms with van der Waals surface area (Å²) in [5, 5.41) is 9.95. The highest BCUT2D eigenvalue weighted by molar-refractivity contribution is 7.80. The van der Waals surface area contributed by atoms with Crippen molar-refractivity contribution < 1.29 is 4.90 Å². The predicted octanol–water partition coefficient (Wildman–Crippen LogP) is 3.19. The maximum atomic E-state index is 6.32. The molecule has 2 rings (SSSR count). The third kappa shape index (κ3) is 4.91. The van der Waals surface area contributed by atoms with Crippen LogP contribution in [0.15, 0.2) is 29.6 Å². The average molecular weight is 369 g/mol. The van der Waals surface area contributed by atoms with Crippen LogP contribution in [-0.4, -0.2) is 25.8 Å². The quantitative estimate of drug-likeness (QED) is 0.708. The van der Waals surface area contributed by atoms with Gasteiger partial charge in [0.05, 0.1) is 36.2 Å². The third-order valence-electron chi connectivity index (χ3n) is 3.72. The topological polar surface area (TPSA) is 28.5 Å². The summed E-state index contributed by atoms with van der Waals surface area (Å²) in [6.45, 7) is 4.84. The minimum Gasteiger partial charge on any atom is -0.356 e. The number of likely N-dealkylation sites (N-methyl/N-ethyl adjacent to an activating group) is 1. The fourth-order valence-corrected chi connectivity index (χ4v) is 4.01. The van der Waals surface area contributed by atoms with Crippen LogP contribution >= 0.6 is 35.2 Å². The van der Waals surface area contributed by atoms with E-state index < -0.39 is 0 Å². The zero-order chi connectivity index (χ0) is 17.0. The Morgan fingerprint density at radius 3 is 2.65 bits per heavy atom. The summed E-state index contributed by atoms with van der Waals surface area (Å²) in [7, 11) is 4.31. The van der Waals surface area contributed by atoms with E-state index in [1.165, 1.54) is 9.78 Å². The first kappa shape index (κ1) is 18.2. The molecule has 1 aromatic carbocycles. The number of halogens is 1. The Morgan fingerprint density at radius 2 is 2.09 bits per heavy atom. The predicted molar refractivity (Wildman–Crippen MR) is 105 cm³/mol. The van der Waals surface area contributed by atoms with E-state index in [2.05, 4.69) is 48.3 Å². The second-order valence-electron chi connectivity index (χ2n) is 5.92. The molecule has 0 saturated carbocycles. The van der Waals surface area contributed by atoms with Gasteiger partial charge in [-0.3, -0.25) is 0 Å². The van der Waals surface area contributed by atoms with Gasteiger partial charge in [-0.25, -0.2) is 0 Å². The number of aryl methyl sites for hydroxylation is 2. The second-order valence-corrected chi connectivity index (χ2v) is 7.71. The van der Waals surface area contributed by atoms with E-state index in [9.17, 15) is 0 Å². The molecule has 1 heterocycles. The van der Waals surface area contributed by atoms with Gasteiger partial charge in [0.15, 0.2) is 5.11 Å². The molecule has 0 saturated heterocycles. The molecule has 1 aromatic heterocycles. The number of thiophene rings is 1. The molecule has 0 unspecified atom stereocenters. The summed E-state index contributed by atoms with van der Waals surface area (Å²) in [4.78, 5) is 2.72. The molecule has 1 atom stereocenters. The molecule has 0 amide bonds. The fourth-order valence-electron chi connectivity index (χ4n) is 2.51. The number of benzene rings is 1. The molecule has 3 N–H and O–H groups in total. The zero-order valence-corrected chi connectivity index (χ0v) is 16.3. The summed E-state index contributed by atoms with van der Waals surface area (Å²) in [5.74, 6) is 0. The van der Waals surface area contributed by atoms with Crippen molar-refractivity contribution in [2.75, 3.05) is 26.0 Å². The lowest BCUT2D eigenvalue weighted by atomic mass is 10.1. The highest BCUT2D eigenvalue weighted by Gasteiger charge is 2.19. The normalized spacial score (nSPS) is 12.3. The number of rotatable bonds is 5. The molecule has 2 aromatic rings. The number of quaternary nitrogens is 1. The molecular formula is C17H23ClN3S2+. The van der Waals surface area contributed by atoms with Gasteiger partial charge in [-0.05, 0) is 54.7 Å². The van der Waals surface area contributed by atoms with Crippen molar-refractivity contribution >= 4 is 46.0 Å². The SMILES string of the molecule is Cc1cc(C)c(NC(=S)NC[C@H](c2cccs2)[NH+](C)C)c(Cl)c1. The molecule has 0 aliphatic heterocycles. The fraction of sp³-hybridized carbons (Fsp3) is 0.353. The highest BCUT2D eigenvalue weighted by atomic mass is 35.5. The number of nitrogens with one attached hydrogen (secondary N) is 3. The van der Waals surface area contributed by atoms with Crippen LogP contribution in [0.1, 0.15) is 22.0 Å². The minimum absolute atomic E-state index is 0.365. The van der Waals surface area contributed by atoms with E-state index in [0.29, 0.717) is 16.2 Å². The van der Waals surface area contributed by atoms with Gasteiger partial charge in [-0.1, -0.05) is 23.7 Å². The molecule has 0 bridgehead atoms. The van der Waals surface area contributed by atoms with Gasteiger partial charge in [0.25, 0.3) is 0 Å². The Morgan fingerprint density at radius 1 is 1.35 bits per heavy atom. The molecule has 3 nitrogen and oxygen atoms in total. The standard InChI is InChI=1S/C17H22ClN3S2/c1-11-8-12(2)16(13(18)9-11)20-17(22)19-10-14(21(3)4)15-6-5-7-23-15/h5-9,14H,10H2,1-4H3,(H2,19,20,22)/p+1/t14-/m1/s1. The monoisotopic (exact) mass is 368 g/mol. The molecule has 0 radical (unpaired) electrons. The summed E-state index contributed by atoms with van der Waals surface area (Å²) in [5.41, 5.74) is 3.11. The zero-order valence-electron chi connectivity index (χ0n) is 13.9. The molecule has 124 valence electrons. The van der Waals surface area contributed by atoms with E-state index in [1.54, 1.807) is 11.3 Å². The lowest BCUT2D eigenvalue weighted by Gasteiger charge is -2.22. The Hall–Kier alpha value is -1.14. The van der Waals surface area contributed by atoms with Crippen LogP contribution in [0.3, 0.4) is 0 Å². The number of anilines is 1. The van der Waals surface area contributed by atoms with Gasteiger partial charge in [-0.15, -0.1) is 11.3 Å². The third-order valence-corrected chi connectivity index (χ3v) is 5.25. The number of hydrogen-bond acceptors (Lipinski definition) is 2. The van der Waals surface area contributed by atoms with Crippen molar-refractivity contribution in [1.82, 2.24) is 5.32 Å². The largest absolute Gasteiger partial charge is 0.356 e. The van der Waals surface area contributed by atoms with Gasteiger partial charge in [-0.2, -0.15) is 0 Å². The molecule has 0 fully saturated rings. The van der Waals surface area contributed by atoms with Crippen LogP contribution in [0.5, 0.6) is 0 Å². The van der Waals surface area contributed by atoms with Crippen molar-refractivity contribution in [1.29, 1.82) is 0 Å². The van der Waals surface area contributed by atoms with E-state index in [1.807, 2.05) is 19.9 Å². The van der Waals surface area contributed by atoms with Crippen LogP contribution < -0.4 is 15.5 Å². The Bertz CT molecular complexity index is 645. The number of thiocarbonyl (C=S) groups is 1.